The molecule has 1 aliphatic rings. The van der Waals surface area contributed by atoms with Crippen LogP contribution in [0, 0.1) is 22.0 Å². The lowest BCUT2D eigenvalue weighted by atomic mass is 9.91. The number of likely N-dealkylation sites (tertiary alicyclic amines) is 1. The fourth-order valence-electron chi connectivity index (χ4n) is 2.97. The number of phenols is 1. The van der Waals surface area contributed by atoms with Crippen LogP contribution < -0.4 is 0 Å². The minimum atomic E-state index is -0.426. The minimum absolute atomic E-state index is 0.0332. The summed E-state index contributed by atoms with van der Waals surface area (Å²) in [5, 5.41) is 20.6. The predicted octanol–water partition coefficient (Wildman–Crippen LogP) is 2.78. The third kappa shape index (κ3) is 3.44. The van der Waals surface area contributed by atoms with Gasteiger partial charge in [-0.15, -0.1) is 0 Å². The number of piperidine rings is 1. The second-order valence-electron chi connectivity index (χ2n) is 5.71. The highest BCUT2D eigenvalue weighted by molar-refractivity contribution is 5.42. The van der Waals surface area contributed by atoms with Gasteiger partial charge in [-0.1, -0.05) is 13.8 Å². The zero-order valence-corrected chi connectivity index (χ0v) is 11.4. The molecule has 1 aliphatic heterocycles. The van der Waals surface area contributed by atoms with Crippen LogP contribution in [0.25, 0.3) is 0 Å². The first-order valence-corrected chi connectivity index (χ1v) is 6.64. The van der Waals surface area contributed by atoms with Gasteiger partial charge in [0.1, 0.15) is 5.75 Å². The molecule has 1 heterocycles. The van der Waals surface area contributed by atoms with Crippen molar-refractivity contribution in [3.05, 3.63) is 33.9 Å². The molecule has 0 radical (unpaired) electrons. The quantitative estimate of drug-likeness (QED) is 0.673. The Kier molecular flexibility index (Phi) is 4.04. The van der Waals surface area contributed by atoms with Gasteiger partial charge in [-0.25, -0.2) is 0 Å². The molecule has 1 fully saturated rings. The van der Waals surface area contributed by atoms with Crippen LogP contribution in [-0.2, 0) is 6.54 Å². The van der Waals surface area contributed by atoms with E-state index in [2.05, 4.69) is 18.7 Å². The summed E-state index contributed by atoms with van der Waals surface area (Å²) in [6.45, 7) is 6.97. The number of hydrogen-bond acceptors (Lipinski definition) is 4. The Morgan fingerprint density at radius 2 is 2.00 bits per heavy atom. The van der Waals surface area contributed by atoms with Crippen LogP contribution in [0.5, 0.6) is 5.75 Å². The van der Waals surface area contributed by atoms with Crippen molar-refractivity contribution in [1.29, 1.82) is 0 Å². The molecule has 5 heteroatoms. The van der Waals surface area contributed by atoms with E-state index in [-0.39, 0.29) is 11.4 Å². The minimum Gasteiger partial charge on any atom is -0.508 e. The van der Waals surface area contributed by atoms with Crippen LogP contribution in [0.2, 0.25) is 0 Å². The van der Waals surface area contributed by atoms with Gasteiger partial charge in [0, 0.05) is 37.3 Å². The number of nitrogens with zero attached hydrogens (tertiary/aromatic N) is 2. The molecule has 2 atom stereocenters. The van der Waals surface area contributed by atoms with Gasteiger partial charge in [-0.3, -0.25) is 15.0 Å². The molecule has 0 bridgehead atoms. The first kappa shape index (κ1) is 13.8. The van der Waals surface area contributed by atoms with Crippen LogP contribution in [0.15, 0.2) is 18.2 Å². The maximum Gasteiger partial charge on any atom is 0.270 e. The number of rotatable bonds is 3. The van der Waals surface area contributed by atoms with Crippen molar-refractivity contribution in [2.45, 2.75) is 26.8 Å². The lowest BCUT2D eigenvalue weighted by Crippen LogP contribution is -2.38. The number of benzene rings is 1. The third-order valence-electron chi connectivity index (χ3n) is 3.61. The number of hydrogen-bond donors (Lipinski definition) is 1. The van der Waals surface area contributed by atoms with Crippen molar-refractivity contribution in [3.63, 3.8) is 0 Å². The summed E-state index contributed by atoms with van der Waals surface area (Å²) < 4.78 is 0. The van der Waals surface area contributed by atoms with Crippen molar-refractivity contribution in [3.8, 4) is 5.75 Å². The molecule has 0 aliphatic carbocycles. The van der Waals surface area contributed by atoms with E-state index in [0.717, 1.165) is 13.1 Å². The van der Waals surface area contributed by atoms with Gasteiger partial charge >= 0.3 is 0 Å². The Labute approximate surface area is 113 Å². The average molecular weight is 264 g/mol. The largest absolute Gasteiger partial charge is 0.508 e. The fourth-order valence-corrected chi connectivity index (χ4v) is 2.97. The first-order valence-electron chi connectivity index (χ1n) is 6.64. The molecule has 104 valence electrons. The van der Waals surface area contributed by atoms with Gasteiger partial charge in [0.15, 0.2) is 0 Å². The van der Waals surface area contributed by atoms with Gasteiger partial charge in [0.2, 0.25) is 0 Å². The monoisotopic (exact) mass is 264 g/mol. The Morgan fingerprint density at radius 3 is 2.58 bits per heavy atom. The molecule has 1 saturated heterocycles. The molecule has 19 heavy (non-hydrogen) atoms. The third-order valence-corrected chi connectivity index (χ3v) is 3.61. The number of nitro benzene ring substituents is 1. The summed E-state index contributed by atoms with van der Waals surface area (Å²) in [5.41, 5.74) is 0.668. The highest BCUT2D eigenvalue weighted by atomic mass is 16.6. The maximum atomic E-state index is 10.8. The summed E-state index contributed by atoms with van der Waals surface area (Å²) >= 11 is 0. The van der Waals surface area contributed by atoms with Gasteiger partial charge in [-0.05, 0) is 24.3 Å². The lowest BCUT2D eigenvalue weighted by molar-refractivity contribution is -0.385. The molecular formula is C14H20N2O3. The number of non-ortho nitro benzene ring substituents is 1. The topological polar surface area (TPSA) is 66.6 Å². The predicted molar refractivity (Wildman–Crippen MR) is 73.0 cm³/mol. The van der Waals surface area contributed by atoms with Crippen LogP contribution in [-0.4, -0.2) is 28.0 Å². The average Bonchev–Trinajstić information content (AvgIpc) is 2.30. The molecule has 1 N–H and O–H groups in total. The molecular weight excluding hydrogens is 244 g/mol. The number of aromatic hydroxyl groups is 1. The van der Waals surface area contributed by atoms with Crippen molar-refractivity contribution in [2.75, 3.05) is 13.1 Å². The number of nitro groups is 1. The standard InChI is InChI=1S/C14H20N2O3/c1-10-5-11(2)8-15(7-10)9-12-6-13(16(18)19)3-4-14(12)17/h3-4,6,10-11,17H,5,7-9H2,1-2H3. The maximum absolute atomic E-state index is 10.8. The normalized spacial score (nSPS) is 24.3. The van der Waals surface area contributed by atoms with Crippen LogP contribution in [0.4, 0.5) is 5.69 Å². The summed E-state index contributed by atoms with van der Waals surface area (Å²) in [6, 6.07) is 4.21. The van der Waals surface area contributed by atoms with Crippen LogP contribution >= 0.6 is 0 Å². The van der Waals surface area contributed by atoms with Crippen LogP contribution in [0.3, 0.4) is 0 Å². The summed E-state index contributed by atoms with van der Waals surface area (Å²) in [4.78, 5) is 12.6. The second kappa shape index (κ2) is 5.57. The van der Waals surface area contributed by atoms with Crippen molar-refractivity contribution in [1.82, 2.24) is 4.90 Å². The SMILES string of the molecule is CC1CC(C)CN(Cc2cc([N+](=O)[O-])ccc2O)C1. The van der Waals surface area contributed by atoms with E-state index in [1.165, 1.54) is 24.6 Å². The Morgan fingerprint density at radius 1 is 1.37 bits per heavy atom. The van der Waals surface area contributed by atoms with E-state index in [1.54, 1.807) is 0 Å². The summed E-state index contributed by atoms with van der Waals surface area (Å²) in [7, 11) is 0. The molecule has 2 rings (SSSR count). The van der Waals surface area contributed by atoms with Gasteiger partial charge in [0.25, 0.3) is 5.69 Å². The van der Waals surface area contributed by atoms with Crippen molar-refractivity contribution in [2.24, 2.45) is 11.8 Å². The zero-order valence-electron chi connectivity index (χ0n) is 11.4. The molecule has 1 aromatic rings. The Hall–Kier alpha value is -1.62. The number of phenolic OH excluding ortho intramolecular Hbond substituents is 1. The Bertz CT molecular complexity index is 466. The molecule has 0 spiro atoms. The van der Waals surface area contributed by atoms with Gasteiger partial charge in [0.05, 0.1) is 4.92 Å². The molecule has 0 saturated carbocycles. The van der Waals surface area contributed by atoms with E-state index < -0.39 is 4.92 Å². The first-order chi connectivity index (χ1) is 8.95. The lowest BCUT2D eigenvalue weighted by Gasteiger charge is -2.35. The van der Waals surface area contributed by atoms with Crippen LogP contribution in [0.1, 0.15) is 25.8 Å². The molecule has 2 unspecified atom stereocenters. The molecule has 5 nitrogen and oxygen atoms in total. The van der Waals surface area contributed by atoms with Gasteiger partial charge < -0.3 is 5.11 Å². The van der Waals surface area contributed by atoms with Crippen molar-refractivity contribution >= 4 is 5.69 Å². The summed E-state index contributed by atoms with van der Waals surface area (Å²) in [5.74, 6) is 1.39. The van der Waals surface area contributed by atoms with Gasteiger partial charge in [-0.2, -0.15) is 0 Å². The highest BCUT2D eigenvalue weighted by Gasteiger charge is 2.23. The molecule has 0 amide bonds. The van der Waals surface area contributed by atoms with E-state index in [1.807, 2.05) is 0 Å². The smallest absolute Gasteiger partial charge is 0.270 e. The zero-order chi connectivity index (χ0) is 14.0. The molecule has 1 aromatic carbocycles. The van der Waals surface area contributed by atoms with Crippen molar-refractivity contribution < 1.29 is 10.0 Å². The highest BCUT2D eigenvalue weighted by Crippen LogP contribution is 2.27. The second-order valence-corrected chi connectivity index (χ2v) is 5.71. The summed E-state index contributed by atoms with van der Waals surface area (Å²) in [6.07, 6.45) is 1.22. The van der Waals surface area contributed by atoms with E-state index >= 15 is 0 Å². The Balaban J connectivity index is 2.13. The fraction of sp³-hybridized carbons (Fsp3) is 0.571. The van der Waals surface area contributed by atoms with E-state index in [0.29, 0.717) is 23.9 Å². The van der Waals surface area contributed by atoms with E-state index in [4.69, 9.17) is 0 Å². The van der Waals surface area contributed by atoms with E-state index in [9.17, 15) is 15.2 Å². The molecule has 0 aromatic heterocycles.